The van der Waals surface area contributed by atoms with Gasteiger partial charge in [0.25, 0.3) is 5.91 Å². The number of nitriles is 1. The van der Waals surface area contributed by atoms with E-state index in [0.29, 0.717) is 21.5 Å². The fourth-order valence-electron chi connectivity index (χ4n) is 2.16. The third-order valence-corrected chi connectivity index (χ3v) is 4.55. The molecule has 0 fully saturated rings. The summed E-state index contributed by atoms with van der Waals surface area (Å²) in [6.07, 6.45) is -0.703. The van der Waals surface area contributed by atoms with Crippen LogP contribution in [0.1, 0.15) is 12.5 Å². The van der Waals surface area contributed by atoms with Gasteiger partial charge >= 0.3 is 0 Å². The molecule has 7 heteroatoms. The number of nitrogens with one attached hydrogen (secondary N) is 1. The Labute approximate surface area is 159 Å². The zero-order chi connectivity index (χ0) is 18.5. The molecule has 0 aliphatic carbocycles. The van der Waals surface area contributed by atoms with E-state index in [4.69, 9.17) is 21.6 Å². The van der Waals surface area contributed by atoms with Gasteiger partial charge in [0, 0.05) is 16.0 Å². The summed E-state index contributed by atoms with van der Waals surface area (Å²) in [6, 6.07) is 16.0. The Balaban J connectivity index is 1.62. The Morgan fingerprint density at radius 1 is 1.23 bits per heavy atom. The zero-order valence-electron chi connectivity index (χ0n) is 13.8. The Bertz CT molecular complexity index is 946. The molecule has 1 unspecified atom stereocenters. The second kappa shape index (κ2) is 8.00. The van der Waals surface area contributed by atoms with E-state index < -0.39 is 6.10 Å². The lowest BCUT2D eigenvalue weighted by atomic mass is 10.2. The highest BCUT2D eigenvalue weighted by atomic mass is 35.5. The number of benzene rings is 2. The van der Waals surface area contributed by atoms with Crippen LogP contribution >= 0.6 is 22.9 Å². The first-order chi connectivity index (χ1) is 12.5. The number of rotatable bonds is 5. The standard InChI is InChI=1S/C19H14ClN3O2S/c1-12(25-16-8-2-13(10-21)3-9-16)18(24)23-19-22-17(11-26-19)14-4-6-15(20)7-5-14/h2-9,11-12H,1H3,(H,22,23,24). The fourth-order valence-corrected chi connectivity index (χ4v) is 3.01. The molecule has 0 aliphatic rings. The SMILES string of the molecule is CC(Oc1ccc(C#N)cc1)C(=O)Nc1nc(-c2ccc(Cl)cc2)cs1. The lowest BCUT2D eigenvalue weighted by molar-refractivity contribution is -0.122. The number of hydrogen-bond acceptors (Lipinski definition) is 5. The molecule has 1 amide bonds. The zero-order valence-corrected chi connectivity index (χ0v) is 15.3. The van der Waals surface area contributed by atoms with E-state index in [1.807, 2.05) is 23.6 Å². The van der Waals surface area contributed by atoms with Crippen LogP contribution in [0.2, 0.25) is 5.02 Å². The number of ether oxygens (including phenoxy) is 1. The van der Waals surface area contributed by atoms with E-state index in [0.717, 1.165) is 11.3 Å². The van der Waals surface area contributed by atoms with Crippen LogP contribution in [-0.4, -0.2) is 17.0 Å². The Hall–Kier alpha value is -2.88. The second-order valence-corrected chi connectivity index (χ2v) is 6.72. The molecule has 0 bridgehead atoms. The number of thiazole rings is 1. The van der Waals surface area contributed by atoms with Crippen molar-refractivity contribution in [2.24, 2.45) is 0 Å². The molecule has 0 radical (unpaired) electrons. The molecule has 130 valence electrons. The lowest BCUT2D eigenvalue weighted by Crippen LogP contribution is -2.30. The molecule has 26 heavy (non-hydrogen) atoms. The number of aromatic nitrogens is 1. The third kappa shape index (κ3) is 4.39. The van der Waals surface area contributed by atoms with Crippen molar-refractivity contribution in [1.29, 1.82) is 5.26 Å². The van der Waals surface area contributed by atoms with Gasteiger partial charge in [-0.3, -0.25) is 10.1 Å². The van der Waals surface area contributed by atoms with Crippen molar-refractivity contribution >= 4 is 34.0 Å². The minimum absolute atomic E-state index is 0.300. The van der Waals surface area contributed by atoms with Crippen LogP contribution in [0, 0.1) is 11.3 Å². The molecule has 3 rings (SSSR count). The highest BCUT2D eigenvalue weighted by molar-refractivity contribution is 7.14. The number of amides is 1. The summed E-state index contributed by atoms with van der Waals surface area (Å²) in [4.78, 5) is 16.7. The van der Waals surface area contributed by atoms with Crippen LogP contribution < -0.4 is 10.1 Å². The van der Waals surface area contributed by atoms with Crippen molar-refractivity contribution in [3.8, 4) is 23.1 Å². The minimum atomic E-state index is -0.703. The van der Waals surface area contributed by atoms with Gasteiger partial charge in [0.2, 0.25) is 0 Å². The molecule has 0 saturated heterocycles. The van der Waals surface area contributed by atoms with Gasteiger partial charge < -0.3 is 4.74 Å². The van der Waals surface area contributed by atoms with Gasteiger partial charge in [-0.15, -0.1) is 11.3 Å². The molecule has 1 atom stereocenters. The van der Waals surface area contributed by atoms with Gasteiger partial charge in [-0.05, 0) is 43.3 Å². The topological polar surface area (TPSA) is 75.0 Å². The number of nitrogens with zero attached hydrogens (tertiary/aromatic N) is 2. The average Bonchev–Trinajstić information content (AvgIpc) is 3.11. The van der Waals surface area contributed by atoms with Crippen molar-refractivity contribution in [3.63, 3.8) is 0 Å². The quantitative estimate of drug-likeness (QED) is 0.690. The van der Waals surface area contributed by atoms with E-state index >= 15 is 0 Å². The maximum absolute atomic E-state index is 12.3. The number of carbonyl (C=O) groups excluding carboxylic acids is 1. The van der Waals surface area contributed by atoms with Crippen molar-refractivity contribution in [1.82, 2.24) is 4.98 Å². The van der Waals surface area contributed by atoms with Crippen molar-refractivity contribution in [3.05, 3.63) is 64.5 Å². The normalized spacial score (nSPS) is 11.4. The number of carbonyl (C=O) groups is 1. The Kier molecular flexibility index (Phi) is 5.52. The van der Waals surface area contributed by atoms with Crippen LogP contribution in [0.15, 0.2) is 53.9 Å². The molecular weight excluding hydrogens is 370 g/mol. The van der Waals surface area contributed by atoms with Gasteiger partial charge in [-0.2, -0.15) is 5.26 Å². The second-order valence-electron chi connectivity index (χ2n) is 5.43. The molecule has 0 saturated carbocycles. The maximum Gasteiger partial charge on any atom is 0.266 e. The van der Waals surface area contributed by atoms with Gasteiger partial charge in [0.05, 0.1) is 17.3 Å². The number of anilines is 1. The van der Waals surface area contributed by atoms with E-state index in [-0.39, 0.29) is 5.91 Å². The summed E-state index contributed by atoms with van der Waals surface area (Å²) in [5.41, 5.74) is 2.22. The first-order valence-electron chi connectivity index (χ1n) is 7.74. The first kappa shape index (κ1) is 17.9. The molecule has 0 aliphatic heterocycles. The van der Waals surface area contributed by atoms with Crippen LogP contribution in [0.4, 0.5) is 5.13 Å². The van der Waals surface area contributed by atoms with E-state index in [1.165, 1.54) is 11.3 Å². The highest BCUT2D eigenvalue weighted by Crippen LogP contribution is 2.26. The van der Waals surface area contributed by atoms with Crippen molar-refractivity contribution in [2.45, 2.75) is 13.0 Å². The fraction of sp³-hybridized carbons (Fsp3) is 0.105. The summed E-state index contributed by atoms with van der Waals surface area (Å²) in [5, 5.41) is 14.6. The van der Waals surface area contributed by atoms with Gasteiger partial charge in [-0.1, -0.05) is 23.7 Å². The molecule has 1 N–H and O–H groups in total. The Morgan fingerprint density at radius 2 is 1.92 bits per heavy atom. The summed E-state index contributed by atoms with van der Waals surface area (Å²) in [5.74, 6) is 0.221. The van der Waals surface area contributed by atoms with Crippen LogP contribution in [0.5, 0.6) is 5.75 Å². The Morgan fingerprint density at radius 3 is 2.58 bits per heavy atom. The summed E-state index contributed by atoms with van der Waals surface area (Å²) < 4.78 is 5.59. The van der Waals surface area contributed by atoms with Crippen LogP contribution in [-0.2, 0) is 4.79 Å². The van der Waals surface area contributed by atoms with E-state index in [2.05, 4.69) is 10.3 Å². The summed E-state index contributed by atoms with van der Waals surface area (Å²) >= 11 is 7.22. The van der Waals surface area contributed by atoms with Gasteiger partial charge in [0.1, 0.15) is 5.75 Å². The molecule has 3 aromatic rings. The number of hydrogen-bond donors (Lipinski definition) is 1. The average molecular weight is 384 g/mol. The predicted molar refractivity (Wildman–Crippen MR) is 102 cm³/mol. The van der Waals surface area contributed by atoms with Crippen molar-refractivity contribution < 1.29 is 9.53 Å². The minimum Gasteiger partial charge on any atom is -0.481 e. The molecule has 2 aromatic carbocycles. The van der Waals surface area contributed by atoms with Crippen LogP contribution in [0.25, 0.3) is 11.3 Å². The molecule has 1 aromatic heterocycles. The monoisotopic (exact) mass is 383 g/mol. The van der Waals surface area contributed by atoms with Gasteiger partial charge in [-0.25, -0.2) is 4.98 Å². The highest BCUT2D eigenvalue weighted by Gasteiger charge is 2.16. The first-order valence-corrected chi connectivity index (χ1v) is 9.00. The van der Waals surface area contributed by atoms with E-state index in [1.54, 1.807) is 43.3 Å². The lowest BCUT2D eigenvalue weighted by Gasteiger charge is -2.13. The third-order valence-electron chi connectivity index (χ3n) is 3.54. The largest absolute Gasteiger partial charge is 0.481 e. The molecule has 0 spiro atoms. The molecule has 1 heterocycles. The van der Waals surface area contributed by atoms with Crippen LogP contribution in [0.3, 0.4) is 0 Å². The molecular formula is C19H14ClN3O2S. The van der Waals surface area contributed by atoms with Crippen molar-refractivity contribution in [2.75, 3.05) is 5.32 Å². The predicted octanol–water partition coefficient (Wildman–Crippen LogP) is 4.74. The number of halogens is 1. The maximum atomic E-state index is 12.3. The van der Waals surface area contributed by atoms with E-state index in [9.17, 15) is 4.79 Å². The summed E-state index contributed by atoms with van der Waals surface area (Å²) in [6.45, 7) is 1.65. The summed E-state index contributed by atoms with van der Waals surface area (Å²) in [7, 11) is 0. The van der Waals surface area contributed by atoms with Gasteiger partial charge in [0.15, 0.2) is 11.2 Å². The molecule has 5 nitrogen and oxygen atoms in total. The smallest absolute Gasteiger partial charge is 0.266 e.